The average molecular weight is 348 g/mol. The Morgan fingerprint density at radius 2 is 2.00 bits per heavy atom. The van der Waals surface area contributed by atoms with Crippen LogP contribution in [0.3, 0.4) is 0 Å². The van der Waals surface area contributed by atoms with Gasteiger partial charge in [0, 0.05) is 30.8 Å². The molecule has 1 saturated carbocycles. The molecule has 0 N–H and O–H groups in total. The number of carbonyl (C=O) groups excluding carboxylic acids is 1. The first kappa shape index (κ1) is 17.9. The smallest absolute Gasteiger partial charge is 0.320 e. The van der Waals surface area contributed by atoms with Crippen LogP contribution in [-0.4, -0.2) is 62.4 Å². The third-order valence-corrected chi connectivity index (χ3v) is 5.16. The van der Waals surface area contributed by atoms with Crippen molar-refractivity contribution in [3.63, 3.8) is 0 Å². The fraction of sp³-hybridized carbons (Fsp3) is 0.632. The monoisotopic (exact) mass is 348 g/mol. The van der Waals surface area contributed by atoms with Gasteiger partial charge in [-0.2, -0.15) is 0 Å². The molecule has 138 valence electrons. The minimum Gasteiger partial charge on any atom is -0.497 e. The lowest BCUT2D eigenvalue weighted by atomic mass is 10.1. The third kappa shape index (κ3) is 4.18. The molecule has 3 rings (SSSR count). The largest absolute Gasteiger partial charge is 0.497 e. The molecule has 2 aliphatic rings. The zero-order chi connectivity index (χ0) is 17.8. The normalized spacial score (nSPS) is 18.6. The third-order valence-electron chi connectivity index (χ3n) is 5.16. The van der Waals surface area contributed by atoms with Crippen LogP contribution in [0.5, 0.6) is 11.5 Å². The van der Waals surface area contributed by atoms with E-state index in [-0.39, 0.29) is 12.1 Å². The van der Waals surface area contributed by atoms with E-state index in [0.717, 1.165) is 17.1 Å². The van der Waals surface area contributed by atoms with Gasteiger partial charge in [-0.1, -0.05) is 0 Å². The van der Waals surface area contributed by atoms with Crippen molar-refractivity contribution < 1.29 is 19.0 Å². The van der Waals surface area contributed by atoms with Gasteiger partial charge in [-0.05, 0) is 37.8 Å². The van der Waals surface area contributed by atoms with Crippen molar-refractivity contribution in [1.82, 2.24) is 9.80 Å². The van der Waals surface area contributed by atoms with Gasteiger partial charge in [0.05, 0.1) is 34.0 Å². The SMILES string of the molecule is COc1ccc(CN(C(=O)N2CCOCC2)[C@@H](C)C2CC2)c(OC)c1. The summed E-state index contributed by atoms with van der Waals surface area (Å²) < 4.78 is 16.2. The maximum absolute atomic E-state index is 13.1. The van der Waals surface area contributed by atoms with Crippen molar-refractivity contribution in [3.05, 3.63) is 23.8 Å². The highest BCUT2D eigenvalue weighted by atomic mass is 16.5. The molecule has 0 bridgehead atoms. The molecule has 1 atom stereocenters. The van der Waals surface area contributed by atoms with Gasteiger partial charge in [-0.3, -0.25) is 0 Å². The van der Waals surface area contributed by atoms with E-state index >= 15 is 0 Å². The molecule has 0 spiro atoms. The van der Waals surface area contributed by atoms with Crippen molar-refractivity contribution in [2.75, 3.05) is 40.5 Å². The van der Waals surface area contributed by atoms with Crippen LogP contribution in [0.2, 0.25) is 0 Å². The summed E-state index contributed by atoms with van der Waals surface area (Å²) in [5, 5.41) is 0. The van der Waals surface area contributed by atoms with Gasteiger partial charge < -0.3 is 24.0 Å². The minimum absolute atomic E-state index is 0.0978. The van der Waals surface area contributed by atoms with E-state index in [4.69, 9.17) is 14.2 Å². The second kappa shape index (κ2) is 7.95. The molecule has 6 nitrogen and oxygen atoms in total. The van der Waals surface area contributed by atoms with Gasteiger partial charge in [-0.15, -0.1) is 0 Å². The van der Waals surface area contributed by atoms with Crippen LogP contribution in [0, 0.1) is 5.92 Å². The van der Waals surface area contributed by atoms with Crippen molar-refractivity contribution in [2.45, 2.75) is 32.4 Å². The van der Waals surface area contributed by atoms with Crippen LogP contribution < -0.4 is 9.47 Å². The molecule has 6 heteroatoms. The molecular weight excluding hydrogens is 320 g/mol. The van der Waals surface area contributed by atoms with Crippen LogP contribution >= 0.6 is 0 Å². The number of amides is 2. The van der Waals surface area contributed by atoms with Crippen molar-refractivity contribution in [3.8, 4) is 11.5 Å². The van der Waals surface area contributed by atoms with E-state index in [1.165, 1.54) is 12.8 Å². The fourth-order valence-electron chi connectivity index (χ4n) is 3.32. The van der Waals surface area contributed by atoms with Gasteiger partial charge >= 0.3 is 6.03 Å². The molecule has 2 fully saturated rings. The molecule has 0 aromatic heterocycles. The molecule has 1 aromatic carbocycles. The standard InChI is InChI=1S/C19H28N2O4/c1-14(15-4-5-15)21(19(22)20-8-10-25-11-9-20)13-16-6-7-17(23-2)12-18(16)24-3/h6-7,12,14-15H,4-5,8-11,13H2,1-3H3/t14-/m0/s1. The zero-order valence-electron chi connectivity index (χ0n) is 15.4. The zero-order valence-corrected chi connectivity index (χ0v) is 15.4. The highest BCUT2D eigenvalue weighted by Crippen LogP contribution is 2.37. The summed E-state index contributed by atoms with van der Waals surface area (Å²) in [5.74, 6) is 2.11. The number of carbonyl (C=O) groups is 1. The molecule has 0 unspecified atom stereocenters. The second-order valence-corrected chi connectivity index (χ2v) is 6.77. The molecule has 1 aliphatic carbocycles. The Labute approximate surface area is 149 Å². The lowest BCUT2D eigenvalue weighted by molar-refractivity contribution is 0.0377. The number of hydrogen-bond acceptors (Lipinski definition) is 4. The van der Waals surface area contributed by atoms with Crippen LogP contribution in [0.25, 0.3) is 0 Å². The Balaban J connectivity index is 1.81. The lowest BCUT2D eigenvalue weighted by Gasteiger charge is -2.36. The van der Waals surface area contributed by atoms with Crippen molar-refractivity contribution in [2.24, 2.45) is 5.92 Å². The van der Waals surface area contributed by atoms with Gasteiger partial charge in [0.1, 0.15) is 11.5 Å². The summed E-state index contributed by atoms with van der Waals surface area (Å²) in [6, 6.07) is 6.09. The molecule has 1 heterocycles. The Morgan fingerprint density at radius 1 is 1.28 bits per heavy atom. The number of morpholine rings is 1. The molecule has 0 radical (unpaired) electrons. The number of urea groups is 1. The number of ether oxygens (including phenoxy) is 3. The lowest BCUT2D eigenvalue weighted by Crippen LogP contribution is -2.51. The number of rotatable bonds is 6. The van der Waals surface area contributed by atoms with Crippen LogP contribution in [0.1, 0.15) is 25.3 Å². The van der Waals surface area contributed by atoms with Crippen molar-refractivity contribution >= 4 is 6.03 Å². The molecule has 1 saturated heterocycles. The van der Waals surface area contributed by atoms with E-state index < -0.39 is 0 Å². The first-order valence-corrected chi connectivity index (χ1v) is 8.98. The quantitative estimate of drug-likeness (QED) is 0.793. The van der Waals surface area contributed by atoms with E-state index in [1.54, 1.807) is 14.2 Å². The molecule has 1 aliphatic heterocycles. The number of nitrogens with zero attached hydrogens (tertiary/aromatic N) is 2. The maximum Gasteiger partial charge on any atom is 0.320 e. The number of hydrogen-bond donors (Lipinski definition) is 0. The second-order valence-electron chi connectivity index (χ2n) is 6.77. The number of methoxy groups -OCH3 is 2. The molecule has 2 amide bonds. The summed E-state index contributed by atoms with van der Waals surface area (Å²) in [5.41, 5.74) is 0.998. The fourth-order valence-corrected chi connectivity index (χ4v) is 3.32. The highest BCUT2D eigenvalue weighted by molar-refractivity contribution is 5.75. The summed E-state index contributed by atoms with van der Waals surface area (Å²) >= 11 is 0. The summed E-state index contributed by atoms with van der Waals surface area (Å²) in [6.45, 7) is 5.25. The topological polar surface area (TPSA) is 51.2 Å². The van der Waals surface area contributed by atoms with Gasteiger partial charge in [-0.25, -0.2) is 4.79 Å². The maximum atomic E-state index is 13.1. The molecule has 1 aromatic rings. The first-order chi connectivity index (χ1) is 12.1. The Bertz CT molecular complexity index is 597. The molecule has 25 heavy (non-hydrogen) atoms. The van der Waals surface area contributed by atoms with Gasteiger partial charge in [0.15, 0.2) is 0 Å². The summed E-state index contributed by atoms with van der Waals surface area (Å²) in [7, 11) is 3.29. The van der Waals surface area contributed by atoms with Crippen LogP contribution in [0.4, 0.5) is 4.79 Å². The predicted molar refractivity (Wildman–Crippen MR) is 95.1 cm³/mol. The summed E-state index contributed by atoms with van der Waals surface area (Å²) in [6.07, 6.45) is 2.40. The Kier molecular flexibility index (Phi) is 5.68. The van der Waals surface area contributed by atoms with Crippen LogP contribution in [0.15, 0.2) is 18.2 Å². The Hall–Kier alpha value is -1.95. The predicted octanol–water partition coefficient (Wildman–Crippen LogP) is 2.76. The van der Waals surface area contributed by atoms with Crippen LogP contribution in [-0.2, 0) is 11.3 Å². The Morgan fingerprint density at radius 3 is 2.60 bits per heavy atom. The first-order valence-electron chi connectivity index (χ1n) is 8.98. The van der Waals surface area contributed by atoms with E-state index in [1.807, 2.05) is 28.0 Å². The van der Waals surface area contributed by atoms with E-state index in [0.29, 0.717) is 38.8 Å². The van der Waals surface area contributed by atoms with E-state index in [9.17, 15) is 4.79 Å². The molecular formula is C19H28N2O4. The van der Waals surface area contributed by atoms with Crippen molar-refractivity contribution in [1.29, 1.82) is 0 Å². The highest BCUT2D eigenvalue weighted by Gasteiger charge is 2.36. The number of benzene rings is 1. The minimum atomic E-state index is 0.0978. The summed E-state index contributed by atoms with van der Waals surface area (Å²) in [4.78, 5) is 17.0. The van der Waals surface area contributed by atoms with Gasteiger partial charge in [0.25, 0.3) is 0 Å². The van der Waals surface area contributed by atoms with E-state index in [2.05, 4.69) is 6.92 Å². The van der Waals surface area contributed by atoms with Gasteiger partial charge in [0.2, 0.25) is 0 Å². The average Bonchev–Trinajstić information content (AvgIpc) is 3.51.